The average Bonchev–Trinajstić information content (AvgIpc) is 2.60. The number of hydrogen-bond acceptors (Lipinski definition) is 4. The molecule has 0 saturated carbocycles. The van der Waals surface area contributed by atoms with E-state index in [0.29, 0.717) is 0 Å². The van der Waals surface area contributed by atoms with E-state index < -0.39 is 0 Å². The SMILES string of the molecule is CCCCCCCOc1ccc(CN2CC(C(=O)NC)C2)cc1OC. The minimum Gasteiger partial charge on any atom is -0.493 e. The molecule has 1 aromatic rings. The molecule has 5 nitrogen and oxygen atoms in total. The number of benzene rings is 1. The van der Waals surface area contributed by atoms with Crippen LogP contribution in [0.2, 0.25) is 0 Å². The molecule has 5 heteroatoms. The first-order valence-electron chi connectivity index (χ1n) is 9.41. The van der Waals surface area contributed by atoms with E-state index in [1.54, 1.807) is 14.2 Å². The number of nitrogens with one attached hydrogen (secondary N) is 1. The molecule has 0 spiro atoms. The summed E-state index contributed by atoms with van der Waals surface area (Å²) in [6, 6.07) is 6.12. The second-order valence-corrected chi connectivity index (χ2v) is 6.75. The molecule has 140 valence electrons. The lowest BCUT2D eigenvalue weighted by Gasteiger charge is -2.38. The van der Waals surface area contributed by atoms with Crippen LogP contribution in [-0.2, 0) is 11.3 Å². The van der Waals surface area contributed by atoms with Gasteiger partial charge < -0.3 is 14.8 Å². The van der Waals surface area contributed by atoms with Gasteiger partial charge in [0.2, 0.25) is 5.91 Å². The van der Waals surface area contributed by atoms with Crippen molar-refractivity contribution in [1.82, 2.24) is 10.2 Å². The monoisotopic (exact) mass is 348 g/mol. The van der Waals surface area contributed by atoms with Crippen LogP contribution in [0.3, 0.4) is 0 Å². The van der Waals surface area contributed by atoms with E-state index in [-0.39, 0.29) is 11.8 Å². The van der Waals surface area contributed by atoms with Crippen LogP contribution >= 0.6 is 0 Å². The highest BCUT2D eigenvalue weighted by molar-refractivity contribution is 5.79. The third-order valence-corrected chi connectivity index (χ3v) is 4.71. The average molecular weight is 348 g/mol. The minimum absolute atomic E-state index is 0.127. The van der Waals surface area contributed by atoms with Crippen LogP contribution in [0.15, 0.2) is 18.2 Å². The Balaban J connectivity index is 1.78. The molecular formula is C20H32N2O3. The molecule has 1 saturated heterocycles. The van der Waals surface area contributed by atoms with Gasteiger partial charge in [-0.05, 0) is 24.1 Å². The van der Waals surface area contributed by atoms with E-state index in [4.69, 9.17) is 9.47 Å². The van der Waals surface area contributed by atoms with Crippen molar-refractivity contribution in [2.45, 2.75) is 45.6 Å². The maximum Gasteiger partial charge on any atom is 0.225 e. The van der Waals surface area contributed by atoms with E-state index in [1.165, 1.54) is 31.2 Å². The Hall–Kier alpha value is -1.75. The Labute approximate surface area is 151 Å². The van der Waals surface area contributed by atoms with Crippen LogP contribution in [0.1, 0.15) is 44.6 Å². The zero-order valence-electron chi connectivity index (χ0n) is 15.8. The predicted octanol–water partition coefficient (Wildman–Crippen LogP) is 3.22. The number of unbranched alkanes of at least 4 members (excludes halogenated alkanes) is 4. The molecule has 0 atom stereocenters. The van der Waals surface area contributed by atoms with Crippen LogP contribution in [0.5, 0.6) is 11.5 Å². The second-order valence-electron chi connectivity index (χ2n) is 6.75. The van der Waals surface area contributed by atoms with Gasteiger partial charge in [0, 0.05) is 26.7 Å². The Morgan fingerprint density at radius 1 is 1.20 bits per heavy atom. The highest BCUT2D eigenvalue weighted by Crippen LogP contribution is 2.30. The van der Waals surface area contributed by atoms with Gasteiger partial charge in [-0.15, -0.1) is 0 Å². The lowest BCUT2D eigenvalue weighted by atomic mass is 9.98. The lowest BCUT2D eigenvalue weighted by molar-refractivity contribution is -0.129. The standard InChI is InChI=1S/C20H32N2O3/c1-4-5-6-7-8-11-25-18-10-9-16(12-19(18)24-3)13-22-14-17(15-22)20(23)21-2/h9-10,12,17H,4-8,11,13-15H2,1-3H3,(H,21,23). The number of carbonyl (C=O) groups is 1. The third kappa shape index (κ3) is 5.92. The summed E-state index contributed by atoms with van der Waals surface area (Å²) in [6.45, 7) is 5.43. The van der Waals surface area contributed by atoms with Gasteiger partial charge in [0.25, 0.3) is 0 Å². The third-order valence-electron chi connectivity index (χ3n) is 4.71. The zero-order chi connectivity index (χ0) is 18.1. The second kappa shape index (κ2) is 10.3. The number of hydrogen-bond donors (Lipinski definition) is 1. The number of ether oxygens (including phenoxy) is 2. The van der Waals surface area contributed by atoms with Gasteiger partial charge in [-0.1, -0.05) is 38.7 Å². The van der Waals surface area contributed by atoms with Crippen LogP contribution in [0.4, 0.5) is 0 Å². The van der Waals surface area contributed by atoms with Gasteiger partial charge in [-0.3, -0.25) is 9.69 Å². The molecule has 0 bridgehead atoms. The van der Waals surface area contributed by atoms with Crippen LogP contribution in [-0.4, -0.2) is 44.7 Å². The molecule has 1 heterocycles. The predicted molar refractivity (Wildman–Crippen MR) is 100 cm³/mol. The first-order chi connectivity index (χ1) is 12.2. The molecule has 2 rings (SSSR count). The maximum absolute atomic E-state index is 11.5. The Morgan fingerprint density at radius 3 is 2.64 bits per heavy atom. The molecule has 0 unspecified atom stereocenters. The van der Waals surface area contributed by atoms with Gasteiger partial charge in [-0.2, -0.15) is 0 Å². The molecule has 0 aliphatic carbocycles. The number of nitrogens with zero attached hydrogens (tertiary/aromatic N) is 1. The number of carbonyl (C=O) groups excluding carboxylic acids is 1. The first kappa shape index (κ1) is 19.6. The summed E-state index contributed by atoms with van der Waals surface area (Å²) in [6.07, 6.45) is 6.14. The molecule has 1 amide bonds. The van der Waals surface area contributed by atoms with E-state index in [1.807, 2.05) is 12.1 Å². The quantitative estimate of drug-likeness (QED) is 0.624. The fraction of sp³-hybridized carbons (Fsp3) is 0.650. The Kier molecular flexibility index (Phi) is 8.06. The smallest absolute Gasteiger partial charge is 0.225 e. The summed E-state index contributed by atoms with van der Waals surface area (Å²) in [5.41, 5.74) is 1.18. The van der Waals surface area contributed by atoms with Crippen LogP contribution in [0, 0.1) is 5.92 Å². The molecule has 0 radical (unpaired) electrons. The molecule has 25 heavy (non-hydrogen) atoms. The number of amides is 1. The van der Waals surface area contributed by atoms with E-state index in [0.717, 1.165) is 44.2 Å². The van der Waals surface area contributed by atoms with Crippen LogP contribution < -0.4 is 14.8 Å². The van der Waals surface area contributed by atoms with Crippen molar-refractivity contribution < 1.29 is 14.3 Å². The maximum atomic E-state index is 11.5. The van der Waals surface area contributed by atoms with Crippen molar-refractivity contribution in [3.05, 3.63) is 23.8 Å². The van der Waals surface area contributed by atoms with Crippen LogP contribution in [0.25, 0.3) is 0 Å². The summed E-state index contributed by atoms with van der Waals surface area (Å²) < 4.78 is 11.4. The lowest BCUT2D eigenvalue weighted by Crippen LogP contribution is -2.52. The Bertz CT molecular complexity index is 542. The highest BCUT2D eigenvalue weighted by atomic mass is 16.5. The molecule has 1 aliphatic heterocycles. The fourth-order valence-electron chi connectivity index (χ4n) is 3.14. The normalized spacial score (nSPS) is 14.8. The van der Waals surface area contributed by atoms with Crippen molar-refractivity contribution >= 4 is 5.91 Å². The summed E-state index contributed by atoms with van der Waals surface area (Å²) in [5, 5.41) is 2.71. The van der Waals surface area contributed by atoms with Gasteiger partial charge in [0.15, 0.2) is 11.5 Å². The van der Waals surface area contributed by atoms with Crippen molar-refractivity contribution in [1.29, 1.82) is 0 Å². The number of rotatable bonds is 11. The summed E-state index contributed by atoms with van der Waals surface area (Å²) in [4.78, 5) is 13.8. The molecule has 1 aromatic carbocycles. The van der Waals surface area contributed by atoms with E-state index >= 15 is 0 Å². The zero-order valence-corrected chi connectivity index (χ0v) is 15.8. The number of methoxy groups -OCH3 is 1. The summed E-state index contributed by atoms with van der Waals surface area (Å²) in [7, 11) is 3.37. The van der Waals surface area contributed by atoms with E-state index in [9.17, 15) is 4.79 Å². The molecular weight excluding hydrogens is 316 g/mol. The summed E-state index contributed by atoms with van der Waals surface area (Å²) >= 11 is 0. The fourth-order valence-corrected chi connectivity index (χ4v) is 3.14. The molecule has 1 aliphatic rings. The first-order valence-corrected chi connectivity index (χ1v) is 9.41. The van der Waals surface area contributed by atoms with Crippen molar-refractivity contribution in [3.63, 3.8) is 0 Å². The van der Waals surface area contributed by atoms with Crippen molar-refractivity contribution in [3.8, 4) is 11.5 Å². The van der Waals surface area contributed by atoms with Gasteiger partial charge >= 0.3 is 0 Å². The number of likely N-dealkylation sites (tertiary alicyclic amines) is 1. The largest absolute Gasteiger partial charge is 0.493 e. The molecule has 1 fully saturated rings. The van der Waals surface area contributed by atoms with Gasteiger partial charge in [0.1, 0.15) is 0 Å². The molecule has 0 aromatic heterocycles. The molecule has 1 N–H and O–H groups in total. The van der Waals surface area contributed by atoms with E-state index in [2.05, 4.69) is 23.2 Å². The van der Waals surface area contributed by atoms with Crippen molar-refractivity contribution in [2.24, 2.45) is 5.92 Å². The van der Waals surface area contributed by atoms with Crippen molar-refractivity contribution in [2.75, 3.05) is 33.9 Å². The topological polar surface area (TPSA) is 50.8 Å². The summed E-state index contributed by atoms with van der Waals surface area (Å²) in [5.74, 6) is 1.86. The Morgan fingerprint density at radius 2 is 1.96 bits per heavy atom. The van der Waals surface area contributed by atoms with Gasteiger partial charge in [0.05, 0.1) is 19.6 Å². The highest BCUT2D eigenvalue weighted by Gasteiger charge is 2.31. The minimum atomic E-state index is 0.127. The van der Waals surface area contributed by atoms with Gasteiger partial charge in [-0.25, -0.2) is 0 Å².